The van der Waals surface area contributed by atoms with Crippen LogP contribution in [0, 0.1) is 0 Å². The van der Waals surface area contributed by atoms with Gasteiger partial charge in [-0.05, 0) is 29.2 Å². The van der Waals surface area contributed by atoms with Gasteiger partial charge in [-0.1, -0.05) is 18.2 Å². The Kier molecular flexibility index (Phi) is 3.20. The number of methoxy groups -OCH3 is 1. The van der Waals surface area contributed by atoms with E-state index in [0.29, 0.717) is 5.82 Å². The number of aryl methyl sites for hydroxylation is 1. The van der Waals surface area contributed by atoms with Crippen molar-refractivity contribution in [3.05, 3.63) is 52.5 Å². The number of rotatable bonds is 2. The Bertz CT molecular complexity index is 802. The molecule has 0 radical (unpaired) electrons. The van der Waals surface area contributed by atoms with Gasteiger partial charge in [0.2, 0.25) is 0 Å². The van der Waals surface area contributed by atoms with E-state index in [4.69, 9.17) is 10.5 Å². The Labute approximate surface area is 135 Å². The number of ether oxygens (including phenoxy) is 1. The molecule has 3 N–H and O–H groups in total. The van der Waals surface area contributed by atoms with Crippen LogP contribution in [0.5, 0.6) is 0 Å². The summed E-state index contributed by atoms with van der Waals surface area (Å²) in [5.41, 5.74) is 14.2. The second-order valence-corrected chi connectivity index (χ2v) is 5.89. The zero-order valence-electron chi connectivity index (χ0n) is 13.2. The molecular weight excluding hydrogens is 290 g/mol. The molecule has 118 valence electrons. The third-order valence-electron chi connectivity index (χ3n) is 4.54. The maximum absolute atomic E-state index is 6.09. The number of hydrogen-bond acceptors (Lipinski definition) is 6. The largest absolute Gasteiger partial charge is 0.501 e. The number of hydrogen-bond donors (Lipinski definition) is 2. The van der Waals surface area contributed by atoms with Gasteiger partial charge in [0.1, 0.15) is 12.1 Å². The molecule has 1 atom stereocenters. The van der Waals surface area contributed by atoms with E-state index in [9.17, 15) is 0 Å². The highest BCUT2D eigenvalue weighted by atomic mass is 16.5. The number of hydrazine groups is 1. The molecule has 4 rings (SSSR count). The molecule has 2 aliphatic rings. The quantitative estimate of drug-likeness (QED) is 0.884. The van der Waals surface area contributed by atoms with Crippen LogP contribution >= 0.6 is 0 Å². The molecule has 6 nitrogen and oxygen atoms in total. The van der Waals surface area contributed by atoms with Crippen molar-refractivity contribution in [2.45, 2.75) is 18.9 Å². The van der Waals surface area contributed by atoms with Crippen molar-refractivity contribution in [2.75, 3.05) is 24.9 Å². The van der Waals surface area contributed by atoms with Gasteiger partial charge in [0.15, 0.2) is 5.82 Å². The lowest BCUT2D eigenvalue weighted by molar-refractivity contribution is 0.280. The van der Waals surface area contributed by atoms with Crippen LogP contribution in [0.25, 0.3) is 6.08 Å². The number of fused-ring (bicyclic) bond motifs is 2. The molecule has 0 bridgehead atoms. The van der Waals surface area contributed by atoms with Gasteiger partial charge in [-0.15, -0.1) is 0 Å². The molecule has 2 aromatic rings. The van der Waals surface area contributed by atoms with Gasteiger partial charge in [-0.3, -0.25) is 5.01 Å². The van der Waals surface area contributed by atoms with E-state index in [1.54, 1.807) is 7.11 Å². The molecule has 0 saturated heterocycles. The van der Waals surface area contributed by atoms with Crippen molar-refractivity contribution in [3.63, 3.8) is 0 Å². The molecule has 1 aromatic heterocycles. The van der Waals surface area contributed by atoms with Gasteiger partial charge in [0.05, 0.1) is 24.5 Å². The van der Waals surface area contributed by atoms with Crippen LogP contribution in [0.15, 0.2) is 30.3 Å². The van der Waals surface area contributed by atoms with Crippen molar-refractivity contribution in [3.8, 4) is 0 Å². The Morgan fingerprint density at radius 1 is 1.30 bits per heavy atom. The molecule has 0 saturated carbocycles. The summed E-state index contributed by atoms with van der Waals surface area (Å²) >= 11 is 0. The zero-order valence-corrected chi connectivity index (χ0v) is 13.2. The summed E-state index contributed by atoms with van der Waals surface area (Å²) in [7, 11) is 3.67. The lowest BCUT2D eigenvalue weighted by Crippen LogP contribution is -2.31. The maximum Gasteiger partial charge on any atom is 0.153 e. The van der Waals surface area contributed by atoms with Crippen molar-refractivity contribution in [1.29, 1.82) is 0 Å². The fourth-order valence-corrected chi connectivity index (χ4v) is 3.33. The summed E-state index contributed by atoms with van der Waals surface area (Å²) in [6.07, 6.45) is 5.53. The summed E-state index contributed by atoms with van der Waals surface area (Å²) in [6.45, 7) is 0. The third-order valence-corrected chi connectivity index (χ3v) is 4.54. The first-order valence-corrected chi connectivity index (χ1v) is 7.65. The van der Waals surface area contributed by atoms with Crippen molar-refractivity contribution >= 4 is 17.7 Å². The molecule has 0 amide bonds. The minimum Gasteiger partial charge on any atom is -0.501 e. The maximum atomic E-state index is 6.09. The van der Waals surface area contributed by atoms with Crippen molar-refractivity contribution in [2.24, 2.45) is 0 Å². The zero-order chi connectivity index (χ0) is 16.0. The molecule has 0 fully saturated rings. The van der Waals surface area contributed by atoms with Crippen molar-refractivity contribution < 1.29 is 4.74 Å². The van der Waals surface area contributed by atoms with Crippen LogP contribution in [0.4, 0.5) is 11.6 Å². The Morgan fingerprint density at radius 2 is 2.17 bits per heavy atom. The highest BCUT2D eigenvalue weighted by molar-refractivity contribution is 5.65. The van der Waals surface area contributed by atoms with Gasteiger partial charge in [-0.25, -0.2) is 15.4 Å². The number of nitrogens with two attached hydrogens (primary N) is 1. The molecule has 1 aromatic carbocycles. The number of nitrogen functional groups attached to an aromatic ring is 1. The Hall–Kier alpha value is -2.60. The minimum absolute atomic E-state index is 0.0192. The van der Waals surface area contributed by atoms with Crippen LogP contribution in [0.3, 0.4) is 0 Å². The second-order valence-electron chi connectivity index (χ2n) is 5.89. The van der Waals surface area contributed by atoms with Crippen LogP contribution in [-0.4, -0.2) is 24.1 Å². The lowest BCUT2D eigenvalue weighted by atomic mass is 9.91. The molecular formula is C17H19N5O. The average Bonchev–Trinajstić information content (AvgIpc) is 2.92. The molecule has 2 heterocycles. The van der Waals surface area contributed by atoms with Crippen LogP contribution < -0.4 is 16.2 Å². The van der Waals surface area contributed by atoms with Gasteiger partial charge in [-0.2, -0.15) is 0 Å². The van der Waals surface area contributed by atoms with E-state index in [2.05, 4.69) is 39.7 Å². The van der Waals surface area contributed by atoms with Crippen LogP contribution in [0.2, 0.25) is 0 Å². The number of anilines is 2. The smallest absolute Gasteiger partial charge is 0.153 e. The highest BCUT2D eigenvalue weighted by Gasteiger charge is 2.31. The van der Waals surface area contributed by atoms with E-state index in [0.717, 1.165) is 30.0 Å². The van der Waals surface area contributed by atoms with Gasteiger partial charge < -0.3 is 10.5 Å². The number of aromatic nitrogens is 2. The molecule has 1 aliphatic carbocycles. The van der Waals surface area contributed by atoms with Crippen LogP contribution in [-0.2, 0) is 11.2 Å². The second kappa shape index (κ2) is 5.24. The SMILES string of the molecule is COC1=Cc2ccc(C3NN(C)c4ncnc(N)c43)cc2CC1. The Balaban J connectivity index is 1.76. The third kappa shape index (κ3) is 2.22. The van der Waals surface area contributed by atoms with E-state index >= 15 is 0 Å². The summed E-state index contributed by atoms with van der Waals surface area (Å²) in [6, 6.07) is 6.49. The summed E-state index contributed by atoms with van der Waals surface area (Å²) < 4.78 is 5.36. The standard InChI is InChI=1S/C17H19N5O/c1-22-17-14(16(18)19-9-20-17)15(21-22)12-4-3-11-8-13(23-2)6-5-10(11)7-12/h3-4,7-9,15,21H,5-6H2,1-2H3,(H2,18,19,20). The van der Waals surface area contributed by atoms with E-state index in [-0.39, 0.29) is 6.04 Å². The summed E-state index contributed by atoms with van der Waals surface area (Å²) in [4.78, 5) is 8.48. The molecule has 0 spiro atoms. The minimum atomic E-state index is -0.0192. The Morgan fingerprint density at radius 3 is 3.00 bits per heavy atom. The lowest BCUT2D eigenvalue weighted by Gasteiger charge is -2.20. The van der Waals surface area contributed by atoms with Gasteiger partial charge >= 0.3 is 0 Å². The fraction of sp³-hybridized carbons (Fsp3) is 0.294. The molecule has 23 heavy (non-hydrogen) atoms. The first-order valence-electron chi connectivity index (χ1n) is 7.65. The monoisotopic (exact) mass is 309 g/mol. The summed E-state index contributed by atoms with van der Waals surface area (Å²) in [5.74, 6) is 2.39. The molecule has 1 unspecified atom stereocenters. The highest BCUT2D eigenvalue weighted by Crippen LogP contribution is 2.38. The van der Waals surface area contributed by atoms with E-state index < -0.39 is 0 Å². The number of allylic oxidation sites excluding steroid dienone is 1. The first kappa shape index (κ1) is 14.0. The first-order chi connectivity index (χ1) is 11.2. The normalized spacial score (nSPS) is 19.1. The van der Waals surface area contributed by atoms with E-state index in [1.165, 1.54) is 23.0 Å². The molecule has 6 heteroatoms. The number of benzene rings is 1. The fourth-order valence-electron chi connectivity index (χ4n) is 3.33. The molecule has 1 aliphatic heterocycles. The van der Waals surface area contributed by atoms with Gasteiger partial charge in [0.25, 0.3) is 0 Å². The predicted molar refractivity (Wildman–Crippen MR) is 89.6 cm³/mol. The van der Waals surface area contributed by atoms with Crippen molar-refractivity contribution in [1.82, 2.24) is 15.4 Å². The number of nitrogens with zero attached hydrogens (tertiary/aromatic N) is 3. The number of nitrogens with one attached hydrogen (secondary N) is 1. The predicted octanol–water partition coefficient (Wildman–Crippen LogP) is 2.04. The average molecular weight is 309 g/mol. The topological polar surface area (TPSA) is 76.3 Å². The van der Waals surface area contributed by atoms with Crippen LogP contribution in [0.1, 0.15) is 34.7 Å². The summed E-state index contributed by atoms with van der Waals surface area (Å²) in [5, 5.41) is 1.90. The van der Waals surface area contributed by atoms with E-state index in [1.807, 2.05) is 12.1 Å². The van der Waals surface area contributed by atoms with Gasteiger partial charge in [0, 0.05) is 13.5 Å².